The van der Waals surface area contributed by atoms with Gasteiger partial charge in [-0.3, -0.25) is 19.0 Å². The molecule has 8 nitrogen and oxygen atoms in total. The number of likely N-dealkylation sites (tertiary alicyclic amines) is 1. The highest BCUT2D eigenvalue weighted by Gasteiger charge is 2.44. The van der Waals surface area contributed by atoms with Gasteiger partial charge in [0.25, 0.3) is 5.56 Å². The molecular formula is C20H27N3O5. The van der Waals surface area contributed by atoms with Crippen LogP contribution in [0.2, 0.25) is 0 Å². The standard InChI is InChI=1S/C20H27N3O5/c1-13(24)22-10-14-9-15(11-22)18(23-16(14)3-2-4-17(23)25)19(26)21-12-20(27)5-7-28-8-6-20/h2-4,14-15,18,27H,5-12H2,1H3,(H,21,26)/t14-,15+,18-/m1/s1. The topological polar surface area (TPSA) is 101 Å². The summed E-state index contributed by atoms with van der Waals surface area (Å²) < 4.78 is 6.88. The molecule has 0 spiro atoms. The number of amides is 2. The Bertz CT molecular complexity index is 829. The van der Waals surface area contributed by atoms with E-state index in [1.165, 1.54) is 13.0 Å². The fourth-order valence-electron chi connectivity index (χ4n) is 4.81. The average Bonchev–Trinajstić information content (AvgIpc) is 2.67. The summed E-state index contributed by atoms with van der Waals surface area (Å²) in [4.78, 5) is 39.5. The maximum atomic E-state index is 13.2. The van der Waals surface area contributed by atoms with E-state index in [9.17, 15) is 19.5 Å². The van der Waals surface area contributed by atoms with Gasteiger partial charge in [0.15, 0.2) is 0 Å². The molecule has 2 N–H and O–H groups in total. The van der Waals surface area contributed by atoms with Crippen LogP contribution in [0.1, 0.15) is 43.8 Å². The zero-order valence-corrected chi connectivity index (χ0v) is 16.1. The number of nitrogens with one attached hydrogen (secondary N) is 1. The van der Waals surface area contributed by atoms with Crippen molar-refractivity contribution in [2.75, 3.05) is 32.8 Å². The molecule has 28 heavy (non-hydrogen) atoms. The van der Waals surface area contributed by atoms with Crippen molar-refractivity contribution < 1.29 is 19.4 Å². The third kappa shape index (κ3) is 3.46. The van der Waals surface area contributed by atoms with Gasteiger partial charge in [-0.1, -0.05) is 6.07 Å². The molecule has 3 atom stereocenters. The van der Waals surface area contributed by atoms with Gasteiger partial charge in [0.1, 0.15) is 6.04 Å². The van der Waals surface area contributed by atoms with Crippen LogP contribution in [-0.2, 0) is 14.3 Å². The normalized spacial score (nSPS) is 28.4. The highest BCUT2D eigenvalue weighted by molar-refractivity contribution is 5.81. The molecular weight excluding hydrogens is 362 g/mol. The maximum Gasteiger partial charge on any atom is 0.251 e. The van der Waals surface area contributed by atoms with Crippen molar-refractivity contribution in [2.45, 2.75) is 43.7 Å². The Labute approximate surface area is 163 Å². The minimum absolute atomic E-state index is 0.0166. The summed E-state index contributed by atoms with van der Waals surface area (Å²) in [7, 11) is 0. The molecule has 2 amide bonds. The number of aromatic nitrogens is 1. The van der Waals surface area contributed by atoms with E-state index in [0.29, 0.717) is 39.1 Å². The van der Waals surface area contributed by atoms with Crippen molar-refractivity contribution in [3.05, 3.63) is 34.2 Å². The van der Waals surface area contributed by atoms with Gasteiger partial charge in [0, 0.05) is 76.2 Å². The summed E-state index contributed by atoms with van der Waals surface area (Å²) in [6.07, 6.45) is 1.71. The van der Waals surface area contributed by atoms with Gasteiger partial charge < -0.3 is 20.1 Å². The molecule has 0 unspecified atom stereocenters. The van der Waals surface area contributed by atoms with Crippen molar-refractivity contribution in [2.24, 2.45) is 5.92 Å². The van der Waals surface area contributed by atoms with Gasteiger partial charge in [-0.15, -0.1) is 0 Å². The van der Waals surface area contributed by atoms with Crippen LogP contribution in [0.4, 0.5) is 0 Å². The van der Waals surface area contributed by atoms with E-state index in [2.05, 4.69) is 5.32 Å². The Morgan fingerprint density at radius 1 is 1.29 bits per heavy atom. The predicted molar refractivity (Wildman–Crippen MR) is 101 cm³/mol. The molecule has 0 aromatic carbocycles. The second kappa shape index (κ2) is 7.33. The monoisotopic (exact) mass is 389 g/mol. The summed E-state index contributed by atoms with van der Waals surface area (Å²) in [6, 6.07) is 4.38. The Morgan fingerprint density at radius 3 is 2.75 bits per heavy atom. The molecule has 0 radical (unpaired) electrons. The number of carbonyl (C=O) groups is 2. The summed E-state index contributed by atoms with van der Waals surface area (Å²) in [6.45, 7) is 3.64. The van der Waals surface area contributed by atoms with Crippen molar-refractivity contribution in [1.82, 2.24) is 14.8 Å². The van der Waals surface area contributed by atoms with Crippen LogP contribution in [0.3, 0.4) is 0 Å². The number of hydrogen-bond acceptors (Lipinski definition) is 5. The quantitative estimate of drug-likeness (QED) is 0.759. The van der Waals surface area contributed by atoms with E-state index in [1.807, 2.05) is 6.07 Å². The number of aliphatic hydroxyl groups is 1. The zero-order chi connectivity index (χ0) is 19.9. The number of nitrogens with zero attached hydrogens (tertiary/aromatic N) is 2. The lowest BCUT2D eigenvalue weighted by atomic mass is 9.78. The van der Waals surface area contributed by atoms with E-state index >= 15 is 0 Å². The molecule has 4 heterocycles. The maximum absolute atomic E-state index is 13.2. The van der Waals surface area contributed by atoms with E-state index < -0.39 is 11.6 Å². The highest BCUT2D eigenvalue weighted by Crippen LogP contribution is 2.41. The summed E-state index contributed by atoms with van der Waals surface area (Å²) in [5.74, 6) is -0.361. The van der Waals surface area contributed by atoms with Gasteiger partial charge in [-0.2, -0.15) is 0 Å². The number of piperidine rings is 1. The van der Waals surface area contributed by atoms with Crippen LogP contribution in [0.15, 0.2) is 23.0 Å². The Kier molecular flexibility index (Phi) is 5.01. The van der Waals surface area contributed by atoms with Crippen LogP contribution >= 0.6 is 0 Å². The number of pyridine rings is 1. The fraction of sp³-hybridized carbons (Fsp3) is 0.650. The first-order valence-corrected chi connectivity index (χ1v) is 9.93. The molecule has 3 aliphatic rings. The molecule has 4 rings (SSSR count). The molecule has 0 aliphatic carbocycles. The second-order valence-corrected chi connectivity index (χ2v) is 8.27. The van der Waals surface area contributed by atoms with Crippen LogP contribution in [-0.4, -0.2) is 64.8 Å². The highest BCUT2D eigenvalue weighted by atomic mass is 16.5. The first-order chi connectivity index (χ1) is 13.4. The number of ether oxygens (including phenoxy) is 1. The van der Waals surface area contributed by atoms with Crippen molar-refractivity contribution in [3.8, 4) is 0 Å². The lowest BCUT2D eigenvalue weighted by molar-refractivity contribution is -0.136. The minimum atomic E-state index is -0.979. The Balaban J connectivity index is 1.61. The summed E-state index contributed by atoms with van der Waals surface area (Å²) in [5.41, 5.74) is -0.374. The van der Waals surface area contributed by atoms with Gasteiger partial charge in [-0.25, -0.2) is 0 Å². The molecule has 152 valence electrons. The molecule has 0 saturated carbocycles. The van der Waals surface area contributed by atoms with Crippen LogP contribution in [0, 0.1) is 5.92 Å². The first kappa shape index (κ1) is 19.1. The number of fused-ring (bicyclic) bond motifs is 4. The van der Waals surface area contributed by atoms with Crippen molar-refractivity contribution in [3.63, 3.8) is 0 Å². The van der Waals surface area contributed by atoms with Crippen molar-refractivity contribution >= 4 is 11.8 Å². The average molecular weight is 389 g/mol. The molecule has 3 aliphatic heterocycles. The second-order valence-electron chi connectivity index (χ2n) is 8.27. The third-order valence-electron chi connectivity index (χ3n) is 6.38. The summed E-state index contributed by atoms with van der Waals surface area (Å²) >= 11 is 0. The Hall–Kier alpha value is -2.19. The predicted octanol–water partition coefficient (Wildman–Crippen LogP) is 0.0127. The summed E-state index contributed by atoms with van der Waals surface area (Å²) in [5, 5.41) is 13.5. The molecule has 8 heteroatoms. The molecule has 2 fully saturated rings. The van der Waals surface area contributed by atoms with Crippen LogP contribution in [0.5, 0.6) is 0 Å². The molecule has 2 bridgehead atoms. The van der Waals surface area contributed by atoms with Gasteiger partial charge >= 0.3 is 0 Å². The van der Waals surface area contributed by atoms with Gasteiger partial charge in [0.2, 0.25) is 11.8 Å². The number of carbonyl (C=O) groups excluding carboxylic acids is 2. The van der Waals surface area contributed by atoms with Crippen molar-refractivity contribution in [1.29, 1.82) is 0 Å². The van der Waals surface area contributed by atoms with Gasteiger partial charge in [-0.05, 0) is 12.5 Å². The first-order valence-electron chi connectivity index (χ1n) is 9.93. The number of hydrogen-bond donors (Lipinski definition) is 2. The fourth-order valence-corrected chi connectivity index (χ4v) is 4.81. The lowest BCUT2D eigenvalue weighted by Gasteiger charge is -2.46. The SMILES string of the molecule is CC(=O)N1C[C@H]2C[C@@H](C1)[C@H](C(=O)NCC1(O)CCOCC1)n1c2cccc1=O. The van der Waals surface area contributed by atoms with E-state index in [4.69, 9.17) is 4.74 Å². The largest absolute Gasteiger partial charge is 0.388 e. The van der Waals surface area contributed by atoms with Crippen LogP contribution < -0.4 is 10.9 Å². The molecule has 1 aromatic rings. The minimum Gasteiger partial charge on any atom is -0.388 e. The Morgan fingerprint density at radius 2 is 2.04 bits per heavy atom. The number of rotatable bonds is 3. The van der Waals surface area contributed by atoms with E-state index in [0.717, 1.165) is 12.1 Å². The van der Waals surface area contributed by atoms with Gasteiger partial charge in [0.05, 0.1) is 5.60 Å². The zero-order valence-electron chi connectivity index (χ0n) is 16.1. The van der Waals surface area contributed by atoms with E-state index in [1.54, 1.807) is 15.5 Å². The molecule has 2 saturated heterocycles. The third-order valence-corrected chi connectivity index (χ3v) is 6.38. The smallest absolute Gasteiger partial charge is 0.251 e. The van der Waals surface area contributed by atoms with E-state index in [-0.39, 0.29) is 35.8 Å². The lowest BCUT2D eigenvalue weighted by Crippen LogP contribution is -2.55. The molecule has 1 aromatic heterocycles. The van der Waals surface area contributed by atoms with Crippen LogP contribution in [0.25, 0.3) is 0 Å².